The molecule has 3 nitrogen and oxygen atoms in total. The van der Waals surface area contributed by atoms with Gasteiger partial charge in [-0.2, -0.15) is 0 Å². The molecular weight excluding hydrogens is 156 g/mol. The Morgan fingerprint density at radius 2 is 1.33 bits per heavy atom. The Hall–Kier alpha value is -1.25. The zero-order chi connectivity index (χ0) is 9.89. The zero-order valence-electron chi connectivity index (χ0n) is 7.51. The number of hydrogen-bond donors (Lipinski definition) is 0. The number of carbonyl (C=O) groups excluding carboxylic acids is 3. The summed E-state index contributed by atoms with van der Waals surface area (Å²) in [4.78, 5) is 32.6. The lowest BCUT2D eigenvalue weighted by atomic mass is 9.91. The van der Waals surface area contributed by atoms with Crippen LogP contribution < -0.4 is 0 Å². The van der Waals surface area contributed by atoms with Crippen molar-refractivity contribution in [2.24, 2.45) is 5.92 Å². The summed E-state index contributed by atoms with van der Waals surface area (Å²) in [5.41, 5.74) is 0.0787. The second-order valence-electron chi connectivity index (χ2n) is 2.74. The molecule has 0 amide bonds. The van der Waals surface area contributed by atoms with Crippen molar-refractivity contribution in [2.75, 3.05) is 0 Å². The minimum absolute atomic E-state index is 0.0787. The van der Waals surface area contributed by atoms with Crippen molar-refractivity contribution in [3.05, 3.63) is 12.2 Å². The Bertz CT molecular complexity index is 236. The number of allylic oxidation sites excluding steroid dienone is 1. The van der Waals surface area contributed by atoms with Gasteiger partial charge in [-0.3, -0.25) is 14.4 Å². The second kappa shape index (κ2) is 3.95. The maximum atomic E-state index is 10.9. The molecular formula is C9H12O3. The van der Waals surface area contributed by atoms with Gasteiger partial charge < -0.3 is 0 Å². The van der Waals surface area contributed by atoms with Crippen LogP contribution in [-0.2, 0) is 14.4 Å². The molecule has 0 N–H and O–H groups in total. The Kier molecular flexibility index (Phi) is 3.54. The molecule has 0 fully saturated rings. The number of ketones is 3. The highest BCUT2D eigenvalue weighted by atomic mass is 16.2. The SMILES string of the molecule is C=C(C(C)=O)C(C(C)=O)C(C)=O. The fraction of sp³-hybridized carbons (Fsp3) is 0.444. The minimum atomic E-state index is -0.942. The molecule has 12 heavy (non-hydrogen) atoms. The second-order valence-corrected chi connectivity index (χ2v) is 2.74. The van der Waals surface area contributed by atoms with E-state index >= 15 is 0 Å². The summed E-state index contributed by atoms with van der Waals surface area (Å²) in [6, 6.07) is 0. The largest absolute Gasteiger partial charge is 0.299 e. The summed E-state index contributed by atoms with van der Waals surface area (Å²) in [6.07, 6.45) is 0. The molecule has 0 saturated heterocycles. The first-order valence-corrected chi connectivity index (χ1v) is 3.58. The van der Waals surface area contributed by atoms with Gasteiger partial charge in [0.15, 0.2) is 5.78 Å². The van der Waals surface area contributed by atoms with E-state index in [9.17, 15) is 14.4 Å². The smallest absolute Gasteiger partial charge is 0.156 e. The third-order valence-electron chi connectivity index (χ3n) is 1.61. The van der Waals surface area contributed by atoms with E-state index in [0.29, 0.717) is 0 Å². The van der Waals surface area contributed by atoms with Crippen molar-refractivity contribution >= 4 is 17.3 Å². The minimum Gasteiger partial charge on any atom is -0.299 e. The molecule has 0 saturated carbocycles. The van der Waals surface area contributed by atoms with Gasteiger partial charge >= 0.3 is 0 Å². The van der Waals surface area contributed by atoms with Gasteiger partial charge in [0.1, 0.15) is 17.5 Å². The van der Waals surface area contributed by atoms with E-state index in [1.807, 2.05) is 0 Å². The number of Topliss-reactive ketones (excluding diaryl/α,β-unsaturated/α-hetero) is 3. The van der Waals surface area contributed by atoms with E-state index < -0.39 is 5.92 Å². The number of carbonyl (C=O) groups is 3. The van der Waals surface area contributed by atoms with Crippen LogP contribution in [0.1, 0.15) is 20.8 Å². The van der Waals surface area contributed by atoms with E-state index in [4.69, 9.17) is 0 Å². The van der Waals surface area contributed by atoms with Crippen LogP contribution in [-0.4, -0.2) is 17.3 Å². The monoisotopic (exact) mass is 168 g/mol. The molecule has 0 aromatic rings. The average Bonchev–Trinajstić information content (AvgIpc) is 1.85. The summed E-state index contributed by atoms with van der Waals surface area (Å²) in [5, 5.41) is 0. The molecule has 0 aromatic carbocycles. The molecule has 0 bridgehead atoms. The van der Waals surface area contributed by atoms with Crippen molar-refractivity contribution < 1.29 is 14.4 Å². The molecule has 0 rings (SSSR count). The topological polar surface area (TPSA) is 51.2 Å². The van der Waals surface area contributed by atoms with Crippen molar-refractivity contribution in [1.82, 2.24) is 0 Å². The lowest BCUT2D eigenvalue weighted by molar-refractivity contribution is -0.130. The van der Waals surface area contributed by atoms with Gasteiger partial charge in [0.2, 0.25) is 0 Å². The van der Waals surface area contributed by atoms with Crippen LogP contribution in [0, 0.1) is 5.92 Å². The van der Waals surface area contributed by atoms with Crippen LogP contribution in [0.15, 0.2) is 12.2 Å². The van der Waals surface area contributed by atoms with Gasteiger partial charge in [0.25, 0.3) is 0 Å². The van der Waals surface area contributed by atoms with Crippen LogP contribution >= 0.6 is 0 Å². The lowest BCUT2D eigenvalue weighted by Crippen LogP contribution is -2.24. The standard InChI is InChI=1S/C9H12O3/c1-5(6(2)10)9(7(3)11)8(4)12/h9H,1H2,2-4H3. The molecule has 0 unspecified atom stereocenters. The highest BCUT2D eigenvalue weighted by Crippen LogP contribution is 2.12. The van der Waals surface area contributed by atoms with Crippen LogP contribution in [0.4, 0.5) is 0 Å². The zero-order valence-corrected chi connectivity index (χ0v) is 7.51. The van der Waals surface area contributed by atoms with Crippen LogP contribution in [0.25, 0.3) is 0 Å². The fourth-order valence-corrected chi connectivity index (χ4v) is 0.980. The summed E-state index contributed by atoms with van der Waals surface area (Å²) >= 11 is 0. The predicted molar refractivity (Wildman–Crippen MR) is 44.7 cm³/mol. The molecule has 0 spiro atoms. The normalized spacial score (nSPS) is 9.67. The van der Waals surface area contributed by atoms with E-state index in [1.165, 1.54) is 20.8 Å². The molecule has 0 aromatic heterocycles. The molecule has 0 aliphatic carbocycles. The van der Waals surface area contributed by atoms with Gasteiger partial charge in [0, 0.05) is 5.57 Å². The maximum absolute atomic E-state index is 10.9. The Morgan fingerprint density at radius 3 is 1.42 bits per heavy atom. The highest BCUT2D eigenvalue weighted by Gasteiger charge is 2.24. The molecule has 0 aliphatic heterocycles. The first-order chi connectivity index (χ1) is 5.37. The van der Waals surface area contributed by atoms with Crippen LogP contribution in [0.3, 0.4) is 0 Å². The lowest BCUT2D eigenvalue weighted by Gasteiger charge is -2.09. The van der Waals surface area contributed by atoms with Gasteiger partial charge in [-0.15, -0.1) is 0 Å². The summed E-state index contributed by atoms with van der Waals surface area (Å²) in [7, 11) is 0. The van der Waals surface area contributed by atoms with E-state index in [2.05, 4.69) is 6.58 Å². The summed E-state index contributed by atoms with van der Waals surface area (Å²) < 4.78 is 0. The van der Waals surface area contributed by atoms with Gasteiger partial charge in [-0.1, -0.05) is 6.58 Å². The van der Waals surface area contributed by atoms with Gasteiger partial charge in [-0.05, 0) is 20.8 Å². The Labute approximate surface area is 71.5 Å². The van der Waals surface area contributed by atoms with Crippen molar-refractivity contribution in [2.45, 2.75) is 20.8 Å². The number of rotatable bonds is 4. The third kappa shape index (κ3) is 2.42. The predicted octanol–water partition coefficient (Wildman–Crippen LogP) is 0.926. The first kappa shape index (κ1) is 10.8. The van der Waals surface area contributed by atoms with Gasteiger partial charge in [-0.25, -0.2) is 0 Å². The highest BCUT2D eigenvalue weighted by molar-refractivity contribution is 6.11. The molecule has 0 heterocycles. The quantitative estimate of drug-likeness (QED) is 0.463. The molecule has 66 valence electrons. The van der Waals surface area contributed by atoms with Crippen molar-refractivity contribution in [3.63, 3.8) is 0 Å². The average molecular weight is 168 g/mol. The van der Waals surface area contributed by atoms with Crippen LogP contribution in [0.2, 0.25) is 0 Å². The number of hydrogen-bond acceptors (Lipinski definition) is 3. The van der Waals surface area contributed by atoms with Crippen molar-refractivity contribution in [1.29, 1.82) is 0 Å². The van der Waals surface area contributed by atoms with E-state index in [0.717, 1.165) is 0 Å². The van der Waals surface area contributed by atoms with Gasteiger partial charge in [0.05, 0.1) is 0 Å². The van der Waals surface area contributed by atoms with E-state index in [1.54, 1.807) is 0 Å². The third-order valence-corrected chi connectivity index (χ3v) is 1.61. The van der Waals surface area contributed by atoms with Crippen LogP contribution in [0.5, 0.6) is 0 Å². The summed E-state index contributed by atoms with van der Waals surface area (Å²) in [6.45, 7) is 7.25. The maximum Gasteiger partial charge on any atom is 0.156 e. The summed E-state index contributed by atoms with van der Waals surface area (Å²) in [5.74, 6) is -1.92. The molecule has 0 radical (unpaired) electrons. The Balaban J connectivity index is 4.76. The molecule has 3 heteroatoms. The molecule has 0 atom stereocenters. The van der Waals surface area contributed by atoms with Crippen molar-refractivity contribution in [3.8, 4) is 0 Å². The molecule has 0 aliphatic rings. The fourth-order valence-electron chi connectivity index (χ4n) is 0.980. The first-order valence-electron chi connectivity index (χ1n) is 3.58. The van der Waals surface area contributed by atoms with E-state index in [-0.39, 0.29) is 22.9 Å². The Morgan fingerprint density at radius 1 is 1.00 bits per heavy atom.